The molecule has 0 aliphatic carbocycles. The van der Waals surface area contributed by atoms with Crippen LogP contribution in [0, 0.1) is 6.92 Å². The second-order valence-corrected chi connectivity index (χ2v) is 12.7. The molecule has 44 heavy (non-hydrogen) atoms. The number of anilines is 2. The second-order valence-electron chi connectivity index (χ2n) is 9.82. The average Bonchev–Trinajstić information content (AvgIpc) is 3.73. The van der Waals surface area contributed by atoms with Gasteiger partial charge in [-0.2, -0.15) is 11.3 Å². The van der Waals surface area contributed by atoms with Gasteiger partial charge in [0, 0.05) is 27.1 Å². The highest BCUT2D eigenvalue weighted by Gasteiger charge is 2.20. The van der Waals surface area contributed by atoms with E-state index in [0.717, 1.165) is 21.7 Å². The van der Waals surface area contributed by atoms with Crippen molar-refractivity contribution in [1.29, 1.82) is 0 Å². The quantitative estimate of drug-likeness (QED) is 0.100. The van der Waals surface area contributed by atoms with Gasteiger partial charge in [0.05, 0.1) is 10.9 Å². The molecule has 5 aromatic rings. The number of hydrogen-bond donors (Lipinski definition) is 3. The Bertz CT molecular complexity index is 1770. The van der Waals surface area contributed by atoms with Crippen LogP contribution < -0.4 is 16.0 Å². The molecule has 0 saturated heterocycles. The fourth-order valence-electron chi connectivity index (χ4n) is 4.17. The summed E-state index contributed by atoms with van der Waals surface area (Å²) in [4.78, 5) is 44.8. The van der Waals surface area contributed by atoms with Gasteiger partial charge in [-0.1, -0.05) is 61.0 Å². The summed E-state index contributed by atoms with van der Waals surface area (Å²) < 4.78 is 0. The molecular weight excluding hydrogens is 609 g/mol. The molecule has 3 amide bonds. The van der Waals surface area contributed by atoms with Crippen LogP contribution in [0.4, 0.5) is 10.8 Å². The molecule has 0 aliphatic heterocycles. The predicted octanol–water partition coefficient (Wildman–Crippen LogP) is 8.10. The fourth-order valence-corrected chi connectivity index (χ4v) is 6.53. The number of thioether (sulfide) groups is 1. The summed E-state index contributed by atoms with van der Waals surface area (Å²) in [6.07, 6.45) is 2.24. The summed E-state index contributed by atoms with van der Waals surface area (Å²) in [6.45, 7) is 4.00. The lowest BCUT2D eigenvalue weighted by Crippen LogP contribution is -2.30. The number of benzene rings is 3. The van der Waals surface area contributed by atoms with Crippen molar-refractivity contribution in [1.82, 2.24) is 10.3 Å². The molecule has 3 N–H and O–H groups in total. The first-order valence-electron chi connectivity index (χ1n) is 13.9. The van der Waals surface area contributed by atoms with Gasteiger partial charge in [-0.3, -0.25) is 14.4 Å². The molecule has 1 unspecified atom stereocenters. The van der Waals surface area contributed by atoms with Gasteiger partial charge in [0.15, 0.2) is 5.13 Å². The molecule has 3 aromatic carbocycles. The van der Waals surface area contributed by atoms with Crippen molar-refractivity contribution in [3.8, 4) is 11.3 Å². The van der Waals surface area contributed by atoms with Gasteiger partial charge in [-0.15, -0.1) is 23.1 Å². The highest BCUT2D eigenvalue weighted by atomic mass is 32.2. The van der Waals surface area contributed by atoms with E-state index in [1.807, 2.05) is 84.6 Å². The molecule has 222 valence electrons. The van der Waals surface area contributed by atoms with Gasteiger partial charge in [-0.05, 0) is 72.1 Å². The molecule has 0 saturated carbocycles. The van der Waals surface area contributed by atoms with Crippen molar-refractivity contribution in [3.63, 3.8) is 0 Å². The summed E-state index contributed by atoms with van der Waals surface area (Å²) in [5, 5.41) is 14.5. The number of aryl methyl sites for hydroxylation is 1. The molecule has 0 bridgehead atoms. The van der Waals surface area contributed by atoms with Gasteiger partial charge >= 0.3 is 0 Å². The first kappa shape index (κ1) is 30.9. The fraction of sp³-hybridized carbons (Fsp3) is 0.118. The van der Waals surface area contributed by atoms with Gasteiger partial charge in [-0.25, -0.2) is 4.98 Å². The van der Waals surface area contributed by atoms with Crippen LogP contribution in [0.5, 0.6) is 0 Å². The van der Waals surface area contributed by atoms with E-state index in [1.54, 1.807) is 36.4 Å². The van der Waals surface area contributed by atoms with Gasteiger partial charge in [0.25, 0.3) is 11.8 Å². The van der Waals surface area contributed by atoms with Crippen LogP contribution in [0.1, 0.15) is 34.8 Å². The van der Waals surface area contributed by atoms with Crippen LogP contribution in [0.3, 0.4) is 0 Å². The van der Waals surface area contributed by atoms with Crippen molar-refractivity contribution < 1.29 is 14.4 Å². The van der Waals surface area contributed by atoms with E-state index < -0.39 is 5.91 Å². The highest BCUT2D eigenvalue weighted by Crippen LogP contribution is 2.30. The van der Waals surface area contributed by atoms with Crippen molar-refractivity contribution >= 4 is 69.1 Å². The average molecular weight is 639 g/mol. The topological polar surface area (TPSA) is 100 Å². The third kappa shape index (κ3) is 8.31. The summed E-state index contributed by atoms with van der Waals surface area (Å²) >= 11 is 4.30. The monoisotopic (exact) mass is 638 g/mol. The molecule has 0 radical (unpaired) electrons. The summed E-state index contributed by atoms with van der Waals surface area (Å²) in [6, 6.07) is 26.0. The third-order valence-corrected chi connectivity index (χ3v) is 9.32. The lowest BCUT2D eigenvalue weighted by atomic mass is 10.1. The minimum absolute atomic E-state index is 0.120. The minimum Gasteiger partial charge on any atom is -0.321 e. The number of thiophene rings is 1. The van der Waals surface area contributed by atoms with Crippen LogP contribution >= 0.6 is 34.4 Å². The van der Waals surface area contributed by atoms with Gasteiger partial charge < -0.3 is 16.0 Å². The Labute approximate surface area is 268 Å². The van der Waals surface area contributed by atoms with Crippen molar-refractivity contribution in [2.45, 2.75) is 30.4 Å². The molecule has 2 heterocycles. The van der Waals surface area contributed by atoms with Crippen molar-refractivity contribution in [2.75, 3.05) is 10.6 Å². The van der Waals surface area contributed by atoms with E-state index in [9.17, 15) is 14.4 Å². The molecule has 5 rings (SSSR count). The lowest BCUT2D eigenvalue weighted by Gasteiger charge is -2.15. The molecular formula is C34H30N4O3S3. The third-order valence-electron chi connectivity index (χ3n) is 6.50. The zero-order chi connectivity index (χ0) is 30.9. The van der Waals surface area contributed by atoms with E-state index >= 15 is 0 Å². The molecule has 7 nitrogen and oxygen atoms in total. The Hall–Kier alpha value is -4.51. The number of thiazole rings is 1. The van der Waals surface area contributed by atoms with Gasteiger partial charge in [0.1, 0.15) is 5.70 Å². The van der Waals surface area contributed by atoms with E-state index in [1.165, 1.54) is 40.0 Å². The smallest absolute Gasteiger partial charge is 0.272 e. The van der Waals surface area contributed by atoms with E-state index in [4.69, 9.17) is 0 Å². The van der Waals surface area contributed by atoms with E-state index in [2.05, 4.69) is 20.9 Å². The maximum atomic E-state index is 13.4. The van der Waals surface area contributed by atoms with Crippen LogP contribution in [-0.4, -0.2) is 28.0 Å². The zero-order valence-corrected chi connectivity index (χ0v) is 26.5. The first-order valence-corrected chi connectivity index (χ1v) is 16.6. The number of aromatic nitrogens is 1. The molecule has 0 fully saturated rings. The molecule has 1 atom stereocenters. The number of rotatable bonds is 11. The Morgan fingerprint density at radius 1 is 0.932 bits per heavy atom. The molecule has 2 aromatic heterocycles. The number of amides is 3. The SMILES string of the molecule is CCC(Sc1cccc(NC(=O)/C(=C/c2ccsc2)NC(=O)c2ccccc2)c1)C(=O)Nc1nc(-c2ccc(C)cc2)cs1. The van der Waals surface area contributed by atoms with Crippen LogP contribution in [0.25, 0.3) is 17.3 Å². The van der Waals surface area contributed by atoms with Crippen LogP contribution in [0.2, 0.25) is 0 Å². The standard InChI is InChI=1S/C34H30N4O3S3/c1-3-30(33(41)38-34-37-29(21-43-34)24-14-12-22(2)13-15-24)44-27-11-7-10-26(19-27)35-32(40)28(18-23-16-17-42-20-23)36-31(39)25-8-5-4-6-9-25/h4-21,30H,3H2,1-2H3,(H,35,40)(H,36,39)(H,37,38,41)/b28-18-. The normalized spacial score (nSPS) is 11.9. The largest absolute Gasteiger partial charge is 0.321 e. The number of hydrogen-bond acceptors (Lipinski definition) is 7. The number of carbonyl (C=O) groups excluding carboxylic acids is 3. The van der Waals surface area contributed by atoms with E-state index in [-0.39, 0.29) is 22.8 Å². The van der Waals surface area contributed by atoms with Crippen LogP contribution in [0.15, 0.2) is 112 Å². The second kappa shape index (κ2) is 14.8. The maximum Gasteiger partial charge on any atom is 0.272 e. The Morgan fingerprint density at radius 2 is 1.73 bits per heavy atom. The summed E-state index contributed by atoms with van der Waals surface area (Å²) in [5.41, 5.74) is 4.91. The summed E-state index contributed by atoms with van der Waals surface area (Å²) in [7, 11) is 0. The summed E-state index contributed by atoms with van der Waals surface area (Å²) in [5.74, 6) is -0.975. The lowest BCUT2D eigenvalue weighted by molar-refractivity contribution is -0.116. The zero-order valence-electron chi connectivity index (χ0n) is 24.1. The first-order chi connectivity index (χ1) is 21.4. The Balaban J connectivity index is 1.25. The maximum absolute atomic E-state index is 13.4. The minimum atomic E-state index is -0.458. The van der Waals surface area contributed by atoms with E-state index in [0.29, 0.717) is 22.8 Å². The predicted molar refractivity (Wildman–Crippen MR) is 182 cm³/mol. The molecule has 10 heteroatoms. The molecule has 0 spiro atoms. The number of nitrogens with one attached hydrogen (secondary N) is 3. The Kier molecular flexibility index (Phi) is 10.4. The number of nitrogens with zero attached hydrogens (tertiary/aromatic N) is 1. The highest BCUT2D eigenvalue weighted by molar-refractivity contribution is 8.00. The number of carbonyl (C=O) groups is 3. The molecule has 0 aliphatic rings. The van der Waals surface area contributed by atoms with Crippen molar-refractivity contribution in [3.05, 3.63) is 123 Å². The van der Waals surface area contributed by atoms with Crippen molar-refractivity contribution in [2.24, 2.45) is 0 Å². The Morgan fingerprint density at radius 3 is 2.45 bits per heavy atom. The van der Waals surface area contributed by atoms with Gasteiger partial charge in [0.2, 0.25) is 5.91 Å². The van der Waals surface area contributed by atoms with Crippen LogP contribution in [-0.2, 0) is 9.59 Å².